The number of hydrogen-bond donors (Lipinski definition) is 2. The summed E-state index contributed by atoms with van der Waals surface area (Å²) in [4.78, 5) is 14.4. The van der Waals surface area contributed by atoms with Gasteiger partial charge >= 0.3 is 0 Å². The first kappa shape index (κ1) is 18.7. The van der Waals surface area contributed by atoms with Gasteiger partial charge in [0.15, 0.2) is 0 Å². The number of ether oxygens (including phenoxy) is 1. The summed E-state index contributed by atoms with van der Waals surface area (Å²) in [7, 11) is -2.16. The molecule has 2 aromatic carbocycles. The number of rotatable bonds is 2. The molecule has 2 aliphatic rings. The first-order valence-electron chi connectivity index (χ1n) is 8.87. The summed E-state index contributed by atoms with van der Waals surface area (Å²) in [5, 5.41) is 3.29. The van der Waals surface area contributed by atoms with Crippen molar-refractivity contribution in [3.8, 4) is 5.75 Å². The summed E-state index contributed by atoms with van der Waals surface area (Å²) in [6.07, 6.45) is 0.797. The van der Waals surface area contributed by atoms with Gasteiger partial charge in [0.25, 0.3) is 5.91 Å². The summed E-state index contributed by atoms with van der Waals surface area (Å²) in [5.41, 5.74) is 0.0265. The molecule has 4 rings (SSSR count). The van der Waals surface area contributed by atoms with Crippen LogP contribution >= 0.6 is 0 Å². The van der Waals surface area contributed by atoms with E-state index in [0.717, 1.165) is 0 Å². The van der Waals surface area contributed by atoms with Crippen molar-refractivity contribution in [1.82, 2.24) is 9.62 Å². The minimum absolute atomic E-state index is 0.170. The van der Waals surface area contributed by atoms with Crippen LogP contribution in [0.25, 0.3) is 0 Å². The van der Waals surface area contributed by atoms with Crippen molar-refractivity contribution in [2.45, 2.75) is 23.4 Å². The quantitative estimate of drug-likeness (QED) is 0.800. The molecule has 2 aliphatic heterocycles. The fourth-order valence-electron chi connectivity index (χ4n) is 3.66. The number of likely N-dealkylation sites (tertiary alicyclic amines) is 1. The second-order valence-corrected chi connectivity index (χ2v) is 8.62. The van der Waals surface area contributed by atoms with Crippen molar-refractivity contribution in [1.29, 1.82) is 0 Å². The lowest BCUT2D eigenvalue weighted by atomic mass is 9.96. The number of carbonyl (C=O) groups excluding carboxylic acids is 1. The zero-order chi connectivity index (χ0) is 19.9. The van der Waals surface area contributed by atoms with Gasteiger partial charge in [-0.3, -0.25) is 4.79 Å². The van der Waals surface area contributed by atoms with Gasteiger partial charge in [-0.2, -0.15) is 4.72 Å². The lowest BCUT2D eigenvalue weighted by molar-refractivity contribution is 0.0676. The van der Waals surface area contributed by atoms with E-state index in [1.807, 2.05) is 0 Å². The van der Waals surface area contributed by atoms with Gasteiger partial charge < -0.3 is 15.0 Å². The fourth-order valence-corrected chi connectivity index (χ4v) is 5.18. The van der Waals surface area contributed by atoms with E-state index in [1.165, 1.54) is 37.4 Å². The van der Waals surface area contributed by atoms with Crippen LogP contribution in [-0.4, -0.2) is 45.1 Å². The van der Waals surface area contributed by atoms with Gasteiger partial charge in [-0.25, -0.2) is 12.8 Å². The maximum atomic E-state index is 13.1. The van der Waals surface area contributed by atoms with Gasteiger partial charge in [-0.1, -0.05) is 0 Å². The van der Waals surface area contributed by atoms with Crippen molar-refractivity contribution in [3.05, 3.63) is 53.8 Å². The SMILES string of the molecule is COc1ccc2c(c1)NC1(CCN(C(=O)c3ccc(F)cc3)CC1)NS2(=O)=O. The third-order valence-electron chi connectivity index (χ3n) is 5.18. The number of sulfonamides is 1. The molecule has 0 aliphatic carbocycles. The van der Waals surface area contributed by atoms with E-state index in [9.17, 15) is 17.6 Å². The van der Waals surface area contributed by atoms with Crippen molar-refractivity contribution in [2.75, 3.05) is 25.5 Å². The molecule has 0 aromatic heterocycles. The van der Waals surface area contributed by atoms with E-state index in [2.05, 4.69) is 10.0 Å². The number of amides is 1. The Labute approximate surface area is 162 Å². The van der Waals surface area contributed by atoms with Gasteiger partial charge in [-0.05, 0) is 36.4 Å². The summed E-state index contributed by atoms with van der Waals surface area (Å²) < 4.78 is 46.4. The Kier molecular flexibility index (Phi) is 4.51. The van der Waals surface area contributed by atoms with Crippen LogP contribution in [0.2, 0.25) is 0 Å². The van der Waals surface area contributed by atoms with E-state index in [0.29, 0.717) is 42.9 Å². The number of fused-ring (bicyclic) bond motifs is 1. The van der Waals surface area contributed by atoms with E-state index in [1.54, 1.807) is 17.0 Å². The molecule has 1 spiro atoms. The van der Waals surface area contributed by atoms with Crippen LogP contribution in [0.1, 0.15) is 23.2 Å². The highest BCUT2D eigenvalue weighted by atomic mass is 32.2. The molecule has 0 radical (unpaired) electrons. The molecule has 0 unspecified atom stereocenters. The second-order valence-electron chi connectivity index (χ2n) is 6.97. The third-order valence-corrected chi connectivity index (χ3v) is 6.77. The van der Waals surface area contributed by atoms with Gasteiger partial charge in [0.1, 0.15) is 22.1 Å². The second kappa shape index (κ2) is 6.75. The van der Waals surface area contributed by atoms with Gasteiger partial charge in [0, 0.05) is 37.6 Å². The van der Waals surface area contributed by atoms with Crippen LogP contribution in [0.15, 0.2) is 47.4 Å². The predicted octanol–water partition coefficient (Wildman–Crippen LogP) is 2.17. The first-order valence-corrected chi connectivity index (χ1v) is 10.4. The Hall–Kier alpha value is -2.65. The zero-order valence-corrected chi connectivity index (χ0v) is 16.1. The average Bonchev–Trinajstić information content (AvgIpc) is 2.67. The standard InChI is InChI=1S/C19H20FN3O4S/c1-27-15-6-7-17-16(12-15)21-19(22-28(17,25)26)8-10-23(11-9-19)18(24)13-2-4-14(20)5-3-13/h2-7,12,21-22H,8-11H2,1H3. The molecule has 1 saturated heterocycles. The predicted molar refractivity (Wildman–Crippen MR) is 101 cm³/mol. The molecule has 2 heterocycles. The molecule has 2 N–H and O–H groups in total. The van der Waals surface area contributed by atoms with Crippen LogP contribution in [0.5, 0.6) is 5.75 Å². The van der Waals surface area contributed by atoms with Crippen molar-refractivity contribution >= 4 is 21.6 Å². The number of hydrogen-bond acceptors (Lipinski definition) is 5. The minimum atomic E-state index is -3.68. The zero-order valence-electron chi connectivity index (χ0n) is 15.2. The Bertz CT molecular complexity index is 1020. The topological polar surface area (TPSA) is 87.7 Å². The van der Waals surface area contributed by atoms with Crippen LogP contribution in [0.3, 0.4) is 0 Å². The molecule has 0 bridgehead atoms. The maximum absolute atomic E-state index is 13.1. The molecule has 148 valence electrons. The molecule has 1 amide bonds. The van der Waals surface area contributed by atoms with E-state index < -0.39 is 21.5 Å². The molecule has 7 nitrogen and oxygen atoms in total. The van der Waals surface area contributed by atoms with Crippen molar-refractivity contribution in [2.24, 2.45) is 0 Å². The van der Waals surface area contributed by atoms with E-state index >= 15 is 0 Å². The number of anilines is 1. The highest BCUT2D eigenvalue weighted by molar-refractivity contribution is 7.89. The molecular formula is C19H20FN3O4S. The number of methoxy groups -OCH3 is 1. The lowest BCUT2D eigenvalue weighted by Crippen LogP contribution is -2.62. The number of nitrogens with one attached hydrogen (secondary N) is 2. The van der Waals surface area contributed by atoms with E-state index in [4.69, 9.17) is 4.74 Å². The molecule has 0 saturated carbocycles. The normalized spacial score (nSPS) is 19.6. The molecule has 9 heteroatoms. The van der Waals surface area contributed by atoms with Crippen LogP contribution in [-0.2, 0) is 10.0 Å². The third kappa shape index (κ3) is 3.31. The largest absolute Gasteiger partial charge is 0.497 e. The Morgan fingerprint density at radius 2 is 1.82 bits per heavy atom. The van der Waals surface area contributed by atoms with Crippen LogP contribution < -0.4 is 14.8 Å². The number of halogens is 1. The van der Waals surface area contributed by atoms with Gasteiger partial charge in [-0.15, -0.1) is 0 Å². The Morgan fingerprint density at radius 1 is 1.14 bits per heavy atom. The lowest BCUT2D eigenvalue weighted by Gasteiger charge is -2.45. The highest BCUT2D eigenvalue weighted by Crippen LogP contribution is 2.37. The highest BCUT2D eigenvalue weighted by Gasteiger charge is 2.44. The van der Waals surface area contributed by atoms with Gasteiger partial charge in [0.05, 0.1) is 12.8 Å². The molecule has 0 atom stereocenters. The monoisotopic (exact) mass is 405 g/mol. The average molecular weight is 405 g/mol. The molecular weight excluding hydrogens is 385 g/mol. The van der Waals surface area contributed by atoms with Crippen LogP contribution in [0.4, 0.5) is 10.1 Å². The molecule has 1 fully saturated rings. The number of nitrogens with zero attached hydrogens (tertiary/aromatic N) is 1. The van der Waals surface area contributed by atoms with Crippen molar-refractivity contribution in [3.63, 3.8) is 0 Å². The first-order chi connectivity index (χ1) is 13.3. The summed E-state index contributed by atoms with van der Waals surface area (Å²) in [5.74, 6) is -0.0398. The summed E-state index contributed by atoms with van der Waals surface area (Å²) >= 11 is 0. The number of benzene rings is 2. The van der Waals surface area contributed by atoms with Gasteiger partial charge in [0.2, 0.25) is 10.0 Å². The number of carbonyl (C=O) groups is 1. The smallest absolute Gasteiger partial charge is 0.253 e. The number of piperidine rings is 1. The molecule has 28 heavy (non-hydrogen) atoms. The maximum Gasteiger partial charge on any atom is 0.253 e. The fraction of sp³-hybridized carbons (Fsp3) is 0.316. The molecule has 2 aromatic rings. The Morgan fingerprint density at radius 3 is 2.46 bits per heavy atom. The summed E-state index contributed by atoms with van der Waals surface area (Å²) in [6, 6.07) is 10.2. The summed E-state index contributed by atoms with van der Waals surface area (Å²) in [6.45, 7) is 0.732. The Balaban J connectivity index is 1.53. The van der Waals surface area contributed by atoms with Crippen molar-refractivity contribution < 1.29 is 22.3 Å². The minimum Gasteiger partial charge on any atom is -0.497 e. The van der Waals surface area contributed by atoms with Crippen LogP contribution in [0, 0.1) is 5.82 Å². The van der Waals surface area contributed by atoms with E-state index in [-0.39, 0.29) is 10.8 Å².